The number of benzene rings is 1. The second-order valence-corrected chi connectivity index (χ2v) is 6.07. The number of anilines is 1. The lowest BCUT2D eigenvalue weighted by Gasteiger charge is -2.16. The number of pyridine rings is 1. The molecule has 0 aliphatic rings. The molecule has 6 nitrogen and oxygen atoms in total. The summed E-state index contributed by atoms with van der Waals surface area (Å²) in [6.07, 6.45) is 1.61. The Bertz CT molecular complexity index is 806. The van der Waals surface area contributed by atoms with E-state index in [1.807, 2.05) is 6.92 Å². The number of halogens is 1. The SMILES string of the molecule is CCC(N)CCNc1nc2c(C)c(F)ccc2cc1C(=N)NC(C)=O. The summed E-state index contributed by atoms with van der Waals surface area (Å²) in [4.78, 5) is 15.8. The van der Waals surface area contributed by atoms with Gasteiger partial charge >= 0.3 is 0 Å². The normalized spacial score (nSPS) is 12.0. The van der Waals surface area contributed by atoms with Crippen molar-refractivity contribution in [2.45, 2.75) is 39.7 Å². The average Bonchev–Trinajstić information content (AvgIpc) is 2.57. The molecule has 5 N–H and O–H groups in total. The molecule has 0 fully saturated rings. The summed E-state index contributed by atoms with van der Waals surface area (Å²) >= 11 is 0. The van der Waals surface area contributed by atoms with Crippen LogP contribution in [0.3, 0.4) is 0 Å². The van der Waals surface area contributed by atoms with E-state index >= 15 is 0 Å². The standard InChI is InChI=1S/C18H24FN5O/c1-4-13(20)7-8-22-18-14(17(21)23-11(3)25)9-12-5-6-15(19)10(2)16(12)24-18/h5-6,9,13H,4,7-8,20H2,1-3H3,(H,22,24)(H2,21,23,25). The number of carbonyl (C=O) groups is 1. The van der Waals surface area contributed by atoms with Crippen molar-refractivity contribution in [3.05, 3.63) is 35.1 Å². The van der Waals surface area contributed by atoms with E-state index in [9.17, 15) is 9.18 Å². The van der Waals surface area contributed by atoms with Crippen molar-refractivity contribution >= 4 is 28.5 Å². The maximum atomic E-state index is 13.8. The Kier molecular flexibility index (Phi) is 6.03. The van der Waals surface area contributed by atoms with Crippen LogP contribution in [0.2, 0.25) is 0 Å². The van der Waals surface area contributed by atoms with Crippen molar-refractivity contribution in [1.82, 2.24) is 10.3 Å². The van der Waals surface area contributed by atoms with Crippen LogP contribution in [-0.2, 0) is 4.79 Å². The first-order valence-corrected chi connectivity index (χ1v) is 8.29. The number of hydrogen-bond donors (Lipinski definition) is 4. The summed E-state index contributed by atoms with van der Waals surface area (Å²) < 4.78 is 13.8. The largest absolute Gasteiger partial charge is 0.369 e. The maximum Gasteiger partial charge on any atom is 0.222 e. The quantitative estimate of drug-likeness (QED) is 0.477. The van der Waals surface area contributed by atoms with E-state index in [1.165, 1.54) is 13.0 Å². The van der Waals surface area contributed by atoms with E-state index in [1.54, 1.807) is 19.1 Å². The molecular weight excluding hydrogens is 321 g/mol. The Hall–Kier alpha value is -2.54. The predicted molar refractivity (Wildman–Crippen MR) is 98.5 cm³/mol. The minimum absolute atomic E-state index is 0.0498. The van der Waals surface area contributed by atoms with Crippen LogP contribution >= 0.6 is 0 Å². The highest BCUT2D eigenvalue weighted by atomic mass is 19.1. The van der Waals surface area contributed by atoms with Gasteiger partial charge in [-0.2, -0.15) is 0 Å². The molecule has 2 aromatic rings. The summed E-state index contributed by atoms with van der Waals surface area (Å²) in [5, 5.41) is 14.5. The lowest BCUT2D eigenvalue weighted by atomic mass is 10.1. The lowest BCUT2D eigenvalue weighted by Crippen LogP contribution is -2.29. The number of carbonyl (C=O) groups excluding carboxylic acids is 1. The Morgan fingerprint density at radius 2 is 2.16 bits per heavy atom. The van der Waals surface area contributed by atoms with Crippen molar-refractivity contribution in [3.63, 3.8) is 0 Å². The topological polar surface area (TPSA) is 104 Å². The number of nitrogens with two attached hydrogens (primary N) is 1. The number of aromatic nitrogens is 1. The van der Waals surface area contributed by atoms with Gasteiger partial charge in [0.2, 0.25) is 5.91 Å². The number of nitrogens with one attached hydrogen (secondary N) is 3. The van der Waals surface area contributed by atoms with Gasteiger partial charge in [-0.3, -0.25) is 10.2 Å². The molecule has 7 heteroatoms. The fourth-order valence-corrected chi connectivity index (χ4v) is 2.51. The minimum atomic E-state index is -0.334. The number of hydrogen-bond acceptors (Lipinski definition) is 5. The first-order chi connectivity index (χ1) is 11.8. The van der Waals surface area contributed by atoms with E-state index in [0.29, 0.717) is 34.4 Å². The molecule has 0 saturated carbocycles. The number of aryl methyl sites for hydroxylation is 1. The molecule has 0 aliphatic carbocycles. The van der Waals surface area contributed by atoms with Crippen LogP contribution in [-0.4, -0.2) is 29.3 Å². The van der Waals surface area contributed by atoms with Crippen molar-refractivity contribution < 1.29 is 9.18 Å². The smallest absolute Gasteiger partial charge is 0.222 e. The van der Waals surface area contributed by atoms with Gasteiger partial charge in [0, 0.05) is 30.5 Å². The van der Waals surface area contributed by atoms with Crippen LogP contribution in [0.1, 0.15) is 37.8 Å². The summed E-state index contributed by atoms with van der Waals surface area (Å²) in [7, 11) is 0. The maximum absolute atomic E-state index is 13.8. The highest BCUT2D eigenvalue weighted by molar-refractivity contribution is 6.10. The zero-order valence-corrected chi connectivity index (χ0v) is 14.7. The third-order valence-electron chi connectivity index (χ3n) is 4.08. The molecule has 0 spiro atoms. The van der Waals surface area contributed by atoms with Gasteiger partial charge in [-0.05, 0) is 38.0 Å². The van der Waals surface area contributed by atoms with Gasteiger partial charge in [-0.1, -0.05) is 6.92 Å². The van der Waals surface area contributed by atoms with Crippen LogP contribution in [0.25, 0.3) is 10.9 Å². The van der Waals surface area contributed by atoms with Crippen molar-refractivity contribution in [2.75, 3.05) is 11.9 Å². The second kappa shape index (κ2) is 8.02. The monoisotopic (exact) mass is 345 g/mol. The van der Waals surface area contributed by atoms with Crippen LogP contribution in [0.4, 0.5) is 10.2 Å². The van der Waals surface area contributed by atoms with Crippen LogP contribution in [0.15, 0.2) is 18.2 Å². The molecule has 1 amide bonds. The number of rotatable bonds is 6. The summed E-state index contributed by atoms with van der Waals surface area (Å²) in [6.45, 7) is 5.60. The molecule has 0 aliphatic heterocycles. The van der Waals surface area contributed by atoms with E-state index in [2.05, 4.69) is 15.6 Å². The van der Waals surface area contributed by atoms with Crippen LogP contribution in [0.5, 0.6) is 0 Å². The molecule has 1 unspecified atom stereocenters. The van der Waals surface area contributed by atoms with Crippen LogP contribution in [0, 0.1) is 18.2 Å². The van der Waals surface area contributed by atoms with Crippen molar-refractivity contribution in [3.8, 4) is 0 Å². The Morgan fingerprint density at radius 1 is 1.44 bits per heavy atom. The first kappa shape index (κ1) is 18.8. The van der Waals surface area contributed by atoms with Crippen molar-refractivity contribution in [1.29, 1.82) is 5.41 Å². The average molecular weight is 345 g/mol. The van der Waals surface area contributed by atoms with E-state index in [4.69, 9.17) is 11.1 Å². The zero-order valence-electron chi connectivity index (χ0n) is 14.7. The third kappa shape index (κ3) is 4.51. The molecule has 1 heterocycles. The number of nitrogens with zero attached hydrogens (tertiary/aromatic N) is 1. The van der Waals surface area contributed by atoms with E-state index < -0.39 is 0 Å². The highest BCUT2D eigenvalue weighted by Crippen LogP contribution is 2.25. The van der Waals surface area contributed by atoms with Gasteiger partial charge < -0.3 is 16.4 Å². The summed E-state index contributed by atoms with van der Waals surface area (Å²) in [5.41, 5.74) is 7.36. The third-order valence-corrected chi connectivity index (χ3v) is 4.08. The minimum Gasteiger partial charge on any atom is -0.369 e. The Labute approximate surface area is 146 Å². The number of amidine groups is 1. The lowest BCUT2D eigenvalue weighted by molar-refractivity contribution is -0.117. The molecular formula is C18H24FN5O. The number of fused-ring (bicyclic) bond motifs is 1. The Morgan fingerprint density at radius 3 is 2.80 bits per heavy atom. The fraction of sp³-hybridized carbons (Fsp3) is 0.389. The zero-order chi connectivity index (χ0) is 18.6. The molecule has 1 aromatic heterocycles. The van der Waals surface area contributed by atoms with E-state index in [0.717, 1.165) is 12.8 Å². The van der Waals surface area contributed by atoms with Gasteiger partial charge in [-0.25, -0.2) is 9.37 Å². The summed E-state index contributed by atoms with van der Waals surface area (Å²) in [5.74, 6) is -0.280. The molecule has 0 radical (unpaired) electrons. The first-order valence-electron chi connectivity index (χ1n) is 8.29. The summed E-state index contributed by atoms with van der Waals surface area (Å²) in [6, 6.07) is 4.80. The predicted octanol–water partition coefficient (Wildman–Crippen LogP) is 2.68. The highest BCUT2D eigenvalue weighted by Gasteiger charge is 2.15. The molecule has 25 heavy (non-hydrogen) atoms. The van der Waals surface area contributed by atoms with Gasteiger partial charge in [0.1, 0.15) is 17.5 Å². The van der Waals surface area contributed by atoms with E-state index in [-0.39, 0.29) is 23.6 Å². The fourth-order valence-electron chi connectivity index (χ4n) is 2.51. The van der Waals surface area contributed by atoms with Crippen molar-refractivity contribution in [2.24, 2.45) is 5.73 Å². The molecule has 134 valence electrons. The molecule has 2 rings (SSSR count). The van der Waals surface area contributed by atoms with Gasteiger partial charge in [0.05, 0.1) is 11.1 Å². The molecule has 1 aromatic carbocycles. The molecule has 0 saturated heterocycles. The van der Waals surface area contributed by atoms with Gasteiger partial charge in [-0.15, -0.1) is 0 Å². The second-order valence-electron chi connectivity index (χ2n) is 6.07. The Balaban J connectivity index is 2.43. The molecule has 0 bridgehead atoms. The van der Waals surface area contributed by atoms with Crippen LogP contribution < -0.4 is 16.4 Å². The van der Waals surface area contributed by atoms with Gasteiger partial charge in [0.25, 0.3) is 0 Å². The number of amides is 1. The van der Waals surface area contributed by atoms with Gasteiger partial charge in [0.15, 0.2) is 0 Å². The molecule has 1 atom stereocenters.